The van der Waals surface area contributed by atoms with Crippen molar-refractivity contribution in [3.63, 3.8) is 0 Å². The van der Waals surface area contributed by atoms with E-state index in [0.717, 1.165) is 11.1 Å². The minimum absolute atomic E-state index is 0.0392. The van der Waals surface area contributed by atoms with E-state index in [1.54, 1.807) is 44.5 Å². The van der Waals surface area contributed by atoms with Crippen LogP contribution in [0.5, 0.6) is 5.75 Å². The van der Waals surface area contributed by atoms with Crippen LogP contribution in [0.25, 0.3) is 0 Å². The number of methoxy groups -OCH3 is 1. The average molecular weight is 393 g/mol. The summed E-state index contributed by atoms with van der Waals surface area (Å²) in [6, 6.07) is 12.7. The smallest absolute Gasteiger partial charge is 0.387 e. The number of hydrogen-bond donors (Lipinski definition) is 0. The quantitative estimate of drug-likeness (QED) is 0.612. The first kappa shape index (κ1) is 21.3. The van der Waals surface area contributed by atoms with E-state index in [2.05, 4.69) is 4.74 Å². The summed E-state index contributed by atoms with van der Waals surface area (Å²) >= 11 is 0. The fourth-order valence-electron chi connectivity index (χ4n) is 2.41. The Bertz CT molecular complexity index is 795. The topological polar surface area (TPSA) is 65.1 Å². The fraction of sp³-hybridized carbons (Fsp3) is 0.300. The summed E-state index contributed by atoms with van der Waals surface area (Å²) in [5.74, 6) is -0.958. The predicted octanol–water partition coefficient (Wildman–Crippen LogP) is 3.25. The Balaban J connectivity index is 1.85. The second kappa shape index (κ2) is 10.4. The lowest BCUT2D eigenvalue weighted by Gasteiger charge is -2.17. The summed E-state index contributed by atoms with van der Waals surface area (Å²) in [6.07, 6.45) is 0. The summed E-state index contributed by atoms with van der Waals surface area (Å²) in [5.41, 5.74) is 1.87. The van der Waals surface area contributed by atoms with E-state index in [-0.39, 0.29) is 12.3 Å². The zero-order valence-electron chi connectivity index (χ0n) is 15.6. The molecular formula is C20H21F2NO5. The van der Waals surface area contributed by atoms with E-state index >= 15 is 0 Å². The van der Waals surface area contributed by atoms with Crippen LogP contribution in [-0.2, 0) is 27.4 Å². The van der Waals surface area contributed by atoms with E-state index in [1.807, 2.05) is 6.07 Å². The second-order valence-electron chi connectivity index (χ2n) is 5.98. The maximum absolute atomic E-state index is 12.2. The molecule has 0 radical (unpaired) electrons. The number of hydrogen-bond acceptors (Lipinski definition) is 5. The summed E-state index contributed by atoms with van der Waals surface area (Å²) in [7, 11) is 3.11. The van der Waals surface area contributed by atoms with Gasteiger partial charge in [0.25, 0.3) is 5.91 Å². The van der Waals surface area contributed by atoms with Gasteiger partial charge in [0.15, 0.2) is 6.61 Å². The van der Waals surface area contributed by atoms with Crippen LogP contribution in [0.15, 0.2) is 48.5 Å². The Morgan fingerprint density at radius 3 is 2.43 bits per heavy atom. The molecule has 2 aromatic rings. The number of amides is 1. The van der Waals surface area contributed by atoms with E-state index in [9.17, 15) is 18.4 Å². The maximum Gasteiger partial charge on any atom is 0.387 e. The van der Waals surface area contributed by atoms with Gasteiger partial charge in [0.05, 0.1) is 12.2 Å². The summed E-state index contributed by atoms with van der Waals surface area (Å²) in [5, 5.41) is 0. The number of alkyl halides is 2. The van der Waals surface area contributed by atoms with Gasteiger partial charge in [-0.3, -0.25) is 4.79 Å². The van der Waals surface area contributed by atoms with Crippen LogP contribution in [0.3, 0.4) is 0 Å². The molecule has 8 heteroatoms. The Labute approximate surface area is 161 Å². The highest BCUT2D eigenvalue weighted by atomic mass is 19.3. The van der Waals surface area contributed by atoms with Crippen molar-refractivity contribution in [2.45, 2.75) is 19.8 Å². The van der Waals surface area contributed by atoms with Crippen molar-refractivity contribution in [2.75, 3.05) is 20.8 Å². The first-order valence-electron chi connectivity index (χ1n) is 8.41. The van der Waals surface area contributed by atoms with Crippen LogP contribution in [-0.4, -0.2) is 44.2 Å². The number of nitrogens with zero attached hydrogens (tertiary/aromatic N) is 1. The molecule has 0 saturated carbocycles. The normalized spacial score (nSPS) is 10.6. The molecule has 0 unspecified atom stereocenters. The number of esters is 1. The lowest BCUT2D eigenvalue weighted by molar-refractivity contribution is -0.133. The third kappa shape index (κ3) is 6.62. The fourth-order valence-corrected chi connectivity index (χ4v) is 2.41. The molecule has 0 aliphatic rings. The van der Waals surface area contributed by atoms with Crippen molar-refractivity contribution in [3.8, 4) is 5.75 Å². The van der Waals surface area contributed by atoms with Gasteiger partial charge in [-0.05, 0) is 35.4 Å². The van der Waals surface area contributed by atoms with Gasteiger partial charge in [0.2, 0.25) is 0 Å². The molecule has 0 aromatic heterocycles. The van der Waals surface area contributed by atoms with Gasteiger partial charge < -0.3 is 19.1 Å². The third-order valence-electron chi connectivity index (χ3n) is 3.79. The Hall–Kier alpha value is -3.00. The number of likely N-dealkylation sites (N-methyl/N-ethyl adjacent to an activating group) is 1. The van der Waals surface area contributed by atoms with Crippen LogP contribution >= 0.6 is 0 Å². The molecule has 1 amide bonds. The molecule has 0 saturated heterocycles. The lowest BCUT2D eigenvalue weighted by atomic mass is 10.1. The van der Waals surface area contributed by atoms with E-state index in [4.69, 9.17) is 9.47 Å². The first-order chi connectivity index (χ1) is 13.4. The van der Waals surface area contributed by atoms with Gasteiger partial charge >= 0.3 is 12.6 Å². The number of carbonyl (C=O) groups excluding carboxylic acids is 2. The van der Waals surface area contributed by atoms with Crippen molar-refractivity contribution < 1.29 is 32.6 Å². The standard InChI is InChI=1S/C20H21F2NO5/c1-23(11-14-6-8-17(9-7-14)28-20(21)22)18(24)13-27-19(25)16-5-3-4-15(10-16)12-26-2/h3-10,20H,11-13H2,1-2H3. The highest BCUT2D eigenvalue weighted by molar-refractivity contribution is 5.91. The van der Waals surface area contributed by atoms with E-state index in [0.29, 0.717) is 12.2 Å². The van der Waals surface area contributed by atoms with Gasteiger partial charge in [-0.15, -0.1) is 0 Å². The van der Waals surface area contributed by atoms with Gasteiger partial charge in [0.1, 0.15) is 5.75 Å². The van der Waals surface area contributed by atoms with Crippen LogP contribution in [0.1, 0.15) is 21.5 Å². The molecule has 2 rings (SSSR count). The maximum atomic E-state index is 12.2. The minimum atomic E-state index is -2.89. The van der Waals surface area contributed by atoms with Gasteiger partial charge in [-0.25, -0.2) is 4.79 Å². The number of ether oxygens (including phenoxy) is 3. The molecule has 2 aromatic carbocycles. The Morgan fingerprint density at radius 2 is 1.79 bits per heavy atom. The molecule has 0 atom stereocenters. The summed E-state index contributed by atoms with van der Waals surface area (Å²) in [6.45, 7) is -2.70. The van der Waals surface area contributed by atoms with Crippen molar-refractivity contribution in [1.82, 2.24) is 4.90 Å². The number of benzene rings is 2. The van der Waals surface area contributed by atoms with Crippen LogP contribution < -0.4 is 4.74 Å². The average Bonchev–Trinajstić information content (AvgIpc) is 2.67. The first-order valence-corrected chi connectivity index (χ1v) is 8.41. The number of rotatable bonds is 9. The monoisotopic (exact) mass is 393 g/mol. The summed E-state index contributed by atoms with van der Waals surface area (Å²) in [4.78, 5) is 25.6. The van der Waals surface area contributed by atoms with Crippen LogP contribution in [0.4, 0.5) is 8.78 Å². The Kier molecular flexibility index (Phi) is 7.88. The predicted molar refractivity (Wildman–Crippen MR) is 97.0 cm³/mol. The molecule has 6 nitrogen and oxygen atoms in total. The highest BCUT2D eigenvalue weighted by Gasteiger charge is 2.14. The van der Waals surface area contributed by atoms with Gasteiger partial charge in [-0.2, -0.15) is 8.78 Å². The molecule has 0 aliphatic heterocycles. The van der Waals surface area contributed by atoms with E-state index < -0.39 is 25.1 Å². The third-order valence-corrected chi connectivity index (χ3v) is 3.79. The van der Waals surface area contributed by atoms with Crippen LogP contribution in [0.2, 0.25) is 0 Å². The minimum Gasteiger partial charge on any atom is -0.452 e. The Morgan fingerprint density at radius 1 is 1.07 bits per heavy atom. The summed E-state index contributed by atoms with van der Waals surface area (Å²) < 4.78 is 38.7. The molecule has 0 aliphatic carbocycles. The molecule has 0 N–H and O–H groups in total. The van der Waals surface area contributed by atoms with Crippen LogP contribution in [0, 0.1) is 0 Å². The molecule has 0 fully saturated rings. The van der Waals surface area contributed by atoms with Gasteiger partial charge in [-0.1, -0.05) is 24.3 Å². The number of halogens is 2. The lowest BCUT2D eigenvalue weighted by Crippen LogP contribution is -2.30. The van der Waals surface area contributed by atoms with Crippen molar-refractivity contribution >= 4 is 11.9 Å². The number of carbonyl (C=O) groups is 2. The zero-order chi connectivity index (χ0) is 20.5. The molecule has 150 valence electrons. The molecule has 0 spiro atoms. The molecule has 0 heterocycles. The zero-order valence-corrected chi connectivity index (χ0v) is 15.6. The molecule has 0 bridgehead atoms. The molecule has 28 heavy (non-hydrogen) atoms. The SMILES string of the molecule is COCc1cccc(C(=O)OCC(=O)N(C)Cc2ccc(OC(F)F)cc2)c1. The largest absolute Gasteiger partial charge is 0.452 e. The van der Waals surface area contributed by atoms with E-state index in [1.165, 1.54) is 17.0 Å². The van der Waals surface area contributed by atoms with Crippen molar-refractivity contribution in [1.29, 1.82) is 0 Å². The van der Waals surface area contributed by atoms with Crippen molar-refractivity contribution in [3.05, 3.63) is 65.2 Å². The van der Waals surface area contributed by atoms with Gasteiger partial charge in [0, 0.05) is 20.7 Å². The van der Waals surface area contributed by atoms with Crippen molar-refractivity contribution in [2.24, 2.45) is 0 Å². The second-order valence-corrected chi connectivity index (χ2v) is 5.98. The highest BCUT2D eigenvalue weighted by Crippen LogP contribution is 2.16. The molecular weight excluding hydrogens is 372 g/mol.